The minimum absolute atomic E-state index is 0.223. The summed E-state index contributed by atoms with van der Waals surface area (Å²) in [5, 5.41) is 7.18. The van der Waals surface area contributed by atoms with Crippen molar-refractivity contribution in [3.05, 3.63) is 82.9 Å². The van der Waals surface area contributed by atoms with Gasteiger partial charge in [0.15, 0.2) is 0 Å². The van der Waals surface area contributed by atoms with Crippen molar-refractivity contribution in [1.29, 1.82) is 0 Å². The van der Waals surface area contributed by atoms with E-state index >= 15 is 0 Å². The largest absolute Gasteiger partial charge is 0.495 e. The Morgan fingerprint density at radius 1 is 1.04 bits per heavy atom. The summed E-state index contributed by atoms with van der Waals surface area (Å²) in [6.45, 7) is 0. The Kier molecular flexibility index (Phi) is 3.68. The van der Waals surface area contributed by atoms with Gasteiger partial charge in [0.1, 0.15) is 5.75 Å². The van der Waals surface area contributed by atoms with Crippen LogP contribution in [0.3, 0.4) is 0 Å². The van der Waals surface area contributed by atoms with Gasteiger partial charge in [0.25, 0.3) is 0 Å². The minimum Gasteiger partial charge on any atom is -0.495 e. The first-order chi connectivity index (χ1) is 12.8. The van der Waals surface area contributed by atoms with E-state index in [9.17, 15) is 0 Å². The third-order valence-corrected chi connectivity index (χ3v) is 6.14. The number of rotatable bonds is 2. The smallest absolute Gasteiger partial charge is 0.142 e. The molecule has 1 N–H and O–H groups in total. The van der Waals surface area contributed by atoms with E-state index in [1.165, 1.54) is 21.9 Å². The molecule has 0 saturated carbocycles. The highest BCUT2D eigenvalue weighted by atomic mass is 35.5. The van der Waals surface area contributed by atoms with E-state index in [1.807, 2.05) is 12.1 Å². The predicted molar refractivity (Wildman–Crippen MR) is 108 cm³/mol. The van der Waals surface area contributed by atoms with Crippen LogP contribution in [0.5, 0.6) is 5.75 Å². The first-order valence-electron chi connectivity index (χ1n) is 9.05. The maximum atomic E-state index is 6.60. The zero-order valence-electron chi connectivity index (χ0n) is 14.6. The summed E-state index contributed by atoms with van der Waals surface area (Å²) in [4.78, 5) is 0. The molecule has 3 unspecified atom stereocenters. The number of ether oxygens (including phenoxy) is 1. The number of methoxy groups -OCH3 is 1. The molecule has 3 aromatic carbocycles. The first kappa shape index (κ1) is 15.8. The number of allylic oxidation sites excluding steroid dienone is 2. The molecule has 3 aromatic rings. The van der Waals surface area contributed by atoms with Crippen LogP contribution in [-0.4, -0.2) is 7.11 Å². The van der Waals surface area contributed by atoms with Crippen LogP contribution < -0.4 is 10.1 Å². The summed E-state index contributed by atoms with van der Waals surface area (Å²) in [7, 11) is 1.72. The zero-order chi connectivity index (χ0) is 17.7. The average Bonchev–Trinajstić information content (AvgIpc) is 3.17. The third-order valence-electron chi connectivity index (χ3n) is 5.81. The maximum Gasteiger partial charge on any atom is 0.142 e. The fourth-order valence-electron chi connectivity index (χ4n) is 4.64. The highest BCUT2D eigenvalue weighted by Gasteiger charge is 2.40. The van der Waals surface area contributed by atoms with E-state index in [2.05, 4.69) is 59.9 Å². The molecule has 0 amide bonds. The number of halogens is 1. The van der Waals surface area contributed by atoms with Gasteiger partial charge in [-0.2, -0.15) is 0 Å². The summed E-state index contributed by atoms with van der Waals surface area (Å²) < 4.78 is 5.64. The Labute approximate surface area is 158 Å². The van der Waals surface area contributed by atoms with Crippen molar-refractivity contribution in [2.75, 3.05) is 12.4 Å². The van der Waals surface area contributed by atoms with Gasteiger partial charge in [-0.25, -0.2) is 0 Å². The van der Waals surface area contributed by atoms with E-state index in [0.717, 1.165) is 22.9 Å². The first-order valence-corrected chi connectivity index (χ1v) is 9.43. The van der Waals surface area contributed by atoms with E-state index < -0.39 is 0 Å². The second-order valence-corrected chi connectivity index (χ2v) is 7.49. The van der Waals surface area contributed by atoms with Gasteiger partial charge < -0.3 is 10.1 Å². The van der Waals surface area contributed by atoms with Gasteiger partial charge in [0.2, 0.25) is 0 Å². The Hall–Kier alpha value is -2.45. The van der Waals surface area contributed by atoms with Crippen LogP contribution in [0, 0.1) is 5.92 Å². The minimum atomic E-state index is 0.223. The van der Waals surface area contributed by atoms with Gasteiger partial charge in [-0.05, 0) is 40.8 Å². The summed E-state index contributed by atoms with van der Waals surface area (Å²) in [5.41, 5.74) is 3.54. The van der Waals surface area contributed by atoms with Crippen molar-refractivity contribution in [3.8, 4) is 5.75 Å². The summed E-state index contributed by atoms with van der Waals surface area (Å²) in [5.74, 6) is 1.63. The lowest BCUT2D eigenvalue weighted by atomic mass is 9.76. The highest BCUT2D eigenvalue weighted by molar-refractivity contribution is 6.32. The molecule has 130 valence electrons. The Bertz CT molecular complexity index is 1020. The summed E-state index contributed by atoms with van der Waals surface area (Å²) in [6, 6.07) is 19.3. The topological polar surface area (TPSA) is 21.3 Å². The second kappa shape index (κ2) is 6.07. The molecule has 26 heavy (non-hydrogen) atoms. The molecule has 5 rings (SSSR count). The molecule has 3 heteroatoms. The normalized spacial score (nSPS) is 23.4. The van der Waals surface area contributed by atoms with Crippen molar-refractivity contribution in [1.82, 2.24) is 0 Å². The van der Waals surface area contributed by atoms with Crippen molar-refractivity contribution < 1.29 is 4.74 Å². The highest BCUT2D eigenvalue weighted by Crippen LogP contribution is 2.54. The van der Waals surface area contributed by atoms with Crippen LogP contribution in [0.15, 0.2) is 66.7 Å². The van der Waals surface area contributed by atoms with E-state index in [-0.39, 0.29) is 6.04 Å². The van der Waals surface area contributed by atoms with Crippen LogP contribution >= 0.6 is 11.6 Å². The second-order valence-electron chi connectivity index (χ2n) is 7.08. The van der Waals surface area contributed by atoms with Gasteiger partial charge in [0.05, 0.1) is 18.8 Å². The van der Waals surface area contributed by atoms with E-state index in [1.54, 1.807) is 7.11 Å². The molecule has 0 radical (unpaired) electrons. The lowest BCUT2D eigenvalue weighted by molar-refractivity contribution is 0.398. The van der Waals surface area contributed by atoms with Crippen LogP contribution in [0.25, 0.3) is 10.8 Å². The van der Waals surface area contributed by atoms with E-state index in [4.69, 9.17) is 16.3 Å². The zero-order valence-corrected chi connectivity index (χ0v) is 15.3. The molecule has 3 atom stereocenters. The number of anilines is 1. The summed E-state index contributed by atoms with van der Waals surface area (Å²) >= 11 is 6.60. The number of benzene rings is 3. The molecule has 0 spiro atoms. The van der Waals surface area contributed by atoms with Gasteiger partial charge in [0, 0.05) is 16.5 Å². The number of hydrogen-bond acceptors (Lipinski definition) is 2. The molecular formula is C23H20ClNO. The quantitative estimate of drug-likeness (QED) is 0.538. The van der Waals surface area contributed by atoms with Crippen molar-refractivity contribution in [2.24, 2.45) is 5.92 Å². The molecule has 2 aliphatic rings. The lowest BCUT2D eigenvalue weighted by Gasteiger charge is -2.39. The Morgan fingerprint density at radius 3 is 2.77 bits per heavy atom. The molecule has 1 heterocycles. The number of fused-ring (bicyclic) bond motifs is 4. The monoisotopic (exact) mass is 361 g/mol. The maximum absolute atomic E-state index is 6.60. The number of hydrogen-bond donors (Lipinski definition) is 1. The van der Waals surface area contributed by atoms with Gasteiger partial charge >= 0.3 is 0 Å². The molecule has 1 aliphatic heterocycles. The predicted octanol–water partition coefficient (Wildman–Crippen LogP) is 6.33. The van der Waals surface area contributed by atoms with Crippen LogP contribution in [0.4, 0.5) is 5.69 Å². The van der Waals surface area contributed by atoms with Crippen molar-refractivity contribution >= 4 is 28.1 Å². The van der Waals surface area contributed by atoms with Gasteiger partial charge in [-0.15, -0.1) is 0 Å². The Morgan fingerprint density at radius 2 is 1.88 bits per heavy atom. The average molecular weight is 362 g/mol. The van der Waals surface area contributed by atoms with Crippen molar-refractivity contribution in [2.45, 2.75) is 18.4 Å². The van der Waals surface area contributed by atoms with Gasteiger partial charge in [-0.1, -0.05) is 66.2 Å². The van der Waals surface area contributed by atoms with Crippen LogP contribution in [0.2, 0.25) is 5.02 Å². The van der Waals surface area contributed by atoms with Crippen molar-refractivity contribution in [3.63, 3.8) is 0 Å². The van der Waals surface area contributed by atoms with Crippen LogP contribution in [0.1, 0.15) is 29.5 Å². The van der Waals surface area contributed by atoms with Gasteiger partial charge in [-0.3, -0.25) is 0 Å². The standard InChI is InChI=1S/C23H20ClNO/c1-26-20-13-12-19(24)21-16-9-5-11-18(16)22(25-23(20)21)17-10-4-7-14-6-2-3-8-15(14)17/h2-10,12-13,16,18,22,25H,11H2,1H3. The molecule has 0 aromatic heterocycles. The molecule has 0 bridgehead atoms. The molecule has 1 aliphatic carbocycles. The molecular weight excluding hydrogens is 342 g/mol. The van der Waals surface area contributed by atoms with Crippen LogP contribution in [-0.2, 0) is 0 Å². The Balaban J connectivity index is 1.71. The SMILES string of the molecule is COc1ccc(Cl)c2c1NC(c1cccc3ccccc13)C1CC=CC21. The fraction of sp³-hybridized carbons (Fsp3) is 0.217. The lowest BCUT2D eigenvalue weighted by Crippen LogP contribution is -2.29. The molecule has 0 fully saturated rings. The van der Waals surface area contributed by atoms with E-state index in [0.29, 0.717) is 11.8 Å². The molecule has 2 nitrogen and oxygen atoms in total. The molecule has 0 saturated heterocycles. The fourth-order valence-corrected chi connectivity index (χ4v) is 4.92. The number of nitrogens with one attached hydrogen (secondary N) is 1. The third kappa shape index (κ3) is 2.25. The summed E-state index contributed by atoms with van der Waals surface area (Å²) in [6.07, 6.45) is 5.66.